The fourth-order valence-electron chi connectivity index (χ4n) is 4.40. The van der Waals surface area contributed by atoms with Gasteiger partial charge in [0.1, 0.15) is 24.6 Å². The number of phosphoric ester groups is 1. The summed E-state index contributed by atoms with van der Waals surface area (Å²) in [5.41, 5.74) is 0.595. The first-order valence-electron chi connectivity index (χ1n) is 11.1. The molecule has 15 heteroatoms. The van der Waals surface area contributed by atoms with Crippen molar-refractivity contribution in [1.82, 2.24) is 19.5 Å². The minimum atomic E-state index is -4.93. The second-order valence-electron chi connectivity index (χ2n) is 9.00. The Morgan fingerprint density at radius 1 is 1.29 bits per heavy atom. The molecule has 3 aliphatic rings. The van der Waals surface area contributed by atoms with Crippen LogP contribution in [0.1, 0.15) is 39.3 Å². The van der Waals surface area contributed by atoms with Gasteiger partial charge in [0, 0.05) is 25.8 Å². The van der Waals surface area contributed by atoms with E-state index in [9.17, 15) is 9.46 Å². The van der Waals surface area contributed by atoms with Gasteiger partial charge in [0.2, 0.25) is 0 Å². The number of nitrogens with one attached hydrogen (secondary N) is 1. The summed E-state index contributed by atoms with van der Waals surface area (Å²) >= 11 is 0. The molecule has 188 valence electrons. The lowest BCUT2D eigenvalue weighted by atomic mass is 10.0. The molecule has 0 bridgehead atoms. The van der Waals surface area contributed by atoms with Crippen molar-refractivity contribution in [2.75, 3.05) is 18.5 Å². The van der Waals surface area contributed by atoms with Crippen LogP contribution in [0.25, 0.3) is 11.2 Å². The van der Waals surface area contributed by atoms with Crippen LogP contribution in [-0.2, 0) is 23.3 Å². The standard InChI is InChI=1S/C20H26N7O7P/c1-4-5-6-20(25-26-20)7-8-21-16-13-17(23-10-22-16)27(11-24-13)18-15-14(33-19(2,3)34-15)12(32-18)9-31-35(28,29)30/h1,10-12,14-15,18H,5-9H2,2-3H3,(H,21,22,23)(H2,28,29,30)/p-1/t12-,14?,15+,18-/m0/s1. The van der Waals surface area contributed by atoms with Gasteiger partial charge < -0.3 is 33.8 Å². The zero-order chi connectivity index (χ0) is 24.8. The van der Waals surface area contributed by atoms with E-state index in [-0.39, 0.29) is 0 Å². The number of rotatable bonds is 10. The van der Waals surface area contributed by atoms with E-state index in [4.69, 9.17) is 25.5 Å². The highest BCUT2D eigenvalue weighted by atomic mass is 31.2. The van der Waals surface area contributed by atoms with Crippen molar-refractivity contribution in [2.24, 2.45) is 10.2 Å². The van der Waals surface area contributed by atoms with Crippen molar-refractivity contribution in [1.29, 1.82) is 0 Å². The van der Waals surface area contributed by atoms with Crippen molar-refractivity contribution in [2.45, 2.75) is 69.1 Å². The molecule has 2 saturated heterocycles. The van der Waals surface area contributed by atoms with E-state index in [1.807, 2.05) is 0 Å². The number of imidazole rings is 1. The summed E-state index contributed by atoms with van der Waals surface area (Å²) in [5, 5.41) is 11.5. The Labute approximate surface area is 200 Å². The Kier molecular flexibility index (Phi) is 6.13. The maximum atomic E-state index is 11.1. The molecule has 0 aliphatic carbocycles. The second-order valence-corrected chi connectivity index (χ2v) is 10.2. The molecule has 0 aromatic carbocycles. The summed E-state index contributed by atoms with van der Waals surface area (Å²) in [4.78, 5) is 33.2. The second kappa shape index (κ2) is 8.86. The SMILES string of the molecule is C#CCCC1(CCNc2ncnc3c2ncn3[C@H]2O[C@@H](COP(=O)([O-])O)C3OC(C)(C)O[C@H]32)N=N1. The van der Waals surface area contributed by atoms with Gasteiger partial charge in [-0.15, -0.1) is 12.3 Å². The van der Waals surface area contributed by atoms with Crippen LogP contribution in [0.4, 0.5) is 5.82 Å². The molecule has 35 heavy (non-hydrogen) atoms. The molecule has 5 heterocycles. The van der Waals surface area contributed by atoms with Crippen molar-refractivity contribution in [3.05, 3.63) is 12.7 Å². The molecule has 2 N–H and O–H groups in total. The summed E-state index contributed by atoms with van der Waals surface area (Å²) in [5.74, 6) is 2.22. The first-order valence-corrected chi connectivity index (χ1v) is 12.6. The van der Waals surface area contributed by atoms with Crippen LogP contribution < -0.4 is 10.2 Å². The number of ether oxygens (including phenoxy) is 3. The molecule has 2 aromatic heterocycles. The third-order valence-corrected chi connectivity index (χ3v) is 6.51. The summed E-state index contributed by atoms with van der Waals surface area (Å²) in [7, 11) is -4.93. The summed E-state index contributed by atoms with van der Waals surface area (Å²) in [6.45, 7) is 3.62. The van der Waals surface area contributed by atoms with Crippen LogP contribution in [0.5, 0.6) is 0 Å². The molecule has 3 aliphatic heterocycles. The topological polar surface area (TPSA) is 178 Å². The molecule has 0 spiro atoms. The van der Waals surface area contributed by atoms with Gasteiger partial charge in [0.15, 0.2) is 34.7 Å². The molecular formula is C20H25N7O7P-. The zero-order valence-corrected chi connectivity index (χ0v) is 20.0. The third kappa shape index (κ3) is 5.07. The maximum absolute atomic E-state index is 11.1. The number of fused-ring (bicyclic) bond motifs is 2. The van der Waals surface area contributed by atoms with Crippen molar-refractivity contribution in [3.63, 3.8) is 0 Å². The van der Waals surface area contributed by atoms with Gasteiger partial charge in [-0.2, -0.15) is 10.2 Å². The first-order chi connectivity index (χ1) is 16.6. The van der Waals surface area contributed by atoms with E-state index < -0.39 is 50.4 Å². The normalized spacial score (nSPS) is 29.6. The molecule has 2 aromatic rings. The minimum Gasteiger partial charge on any atom is -0.756 e. The van der Waals surface area contributed by atoms with Crippen molar-refractivity contribution in [3.8, 4) is 12.3 Å². The molecule has 0 saturated carbocycles. The lowest BCUT2D eigenvalue weighted by molar-refractivity contribution is -0.227. The lowest BCUT2D eigenvalue weighted by Gasteiger charge is -2.25. The number of nitrogens with zero attached hydrogens (tertiary/aromatic N) is 6. The predicted molar refractivity (Wildman–Crippen MR) is 118 cm³/mol. The number of hydrogen-bond acceptors (Lipinski definition) is 12. The molecule has 2 fully saturated rings. The summed E-state index contributed by atoms with van der Waals surface area (Å²) in [6.07, 6.45) is 7.51. The smallest absolute Gasteiger partial charge is 0.265 e. The number of hydrogen-bond donors (Lipinski definition) is 2. The minimum absolute atomic E-state index is 0.413. The number of anilines is 1. The largest absolute Gasteiger partial charge is 0.756 e. The number of phosphoric acid groups is 1. The average Bonchev–Trinajstić information content (AvgIpc) is 3.12. The molecular weight excluding hydrogens is 481 g/mol. The Morgan fingerprint density at radius 2 is 2.06 bits per heavy atom. The van der Waals surface area contributed by atoms with Gasteiger partial charge >= 0.3 is 0 Å². The van der Waals surface area contributed by atoms with E-state index >= 15 is 0 Å². The van der Waals surface area contributed by atoms with Gasteiger partial charge in [-0.05, 0) is 13.8 Å². The lowest BCUT2D eigenvalue weighted by Crippen LogP contribution is -2.33. The molecule has 5 atom stereocenters. The van der Waals surface area contributed by atoms with Crippen molar-refractivity contribution >= 4 is 24.8 Å². The number of terminal acetylenes is 1. The monoisotopic (exact) mass is 506 g/mol. The zero-order valence-electron chi connectivity index (χ0n) is 19.1. The third-order valence-electron chi connectivity index (χ3n) is 6.03. The Bertz CT molecular complexity index is 1220. The Morgan fingerprint density at radius 3 is 2.77 bits per heavy atom. The molecule has 14 nitrogen and oxygen atoms in total. The summed E-state index contributed by atoms with van der Waals surface area (Å²) < 4.78 is 35.4. The van der Waals surface area contributed by atoms with Gasteiger partial charge in [0.05, 0.1) is 12.9 Å². The fourth-order valence-corrected chi connectivity index (χ4v) is 4.74. The fraction of sp³-hybridized carbons (Fsp3) is 0.650. The summed E-state index contributed by atoms with van der Waals surface area (Å²) in [6, 6.07) is 0. The van der Waals surface area contributed by atoms with Gasteiger partial charge in [-0.25, -0.2) is 15.0 Å². The molecule has 0 amide bonds. The average molecular weight is 506 g/mol. The van der Waals surface area contributed by atoms with Gasteiger partial charge in [0.25, 0.3) is 7.82 Å². The van der Waals surface area contributed by atoms with Crippen LogP contribution in [0, 0.1) is 12.3 Å². The highest BCUT2D eigenvalue weighted by Gasteiger charge is 2.56. The van der Waals surface area contributed by atoms with Crippen LogP contribution >= 0.6 is 7.82 Å². The molecule has 2 unspecified atom stereocenters. The van der Waals surface area contributed by atoms with E-state index in [0.717, 1.165) is 0 Å². The maximum Gasteiger partial charge on any atom is 0.265 e. The van der Waals surface area contributed by atoms with E-state index in [1.165, 1.54) is 6.33 Å². The van der Waals surface area contributed by atoms with E-state index in [2.05, 4.69) is 40.9 Å². The Hall–Kier alpha value is -2.50. The highest BCUT2D eigenvalue weighted by Crippen LogP contribution is 2.45. The van der Waals surface area contributed by atoms with Gasteiger partial charge in [-0.1, -0.05) is 0 Å². The van der Waals surface area contributed by atoms with Crippen molar-refractivity contribution < 1.29 is 33.1 Å². The van der Waals surface area contributed by atoms with Gasteiger partial charge in [-0.3, -0.25) is 9.13 Å². The highest BCUT2D eigenvalue weighted by molar-refractivity contribution is 7.44. The van der Waals surface area contributed by atoms with E-state index in [0.29, 0.717) is 42.8 Å². The van der Waals surface area contributed by atoms with Crippen LogP contribution in [0.3, 0.4) is 0 Å². The molecule has 0 radical (unpaired) electrons. The Balaban J connectivity index is 1.33. The quantitative estimate of drug-likeness (QED) is 0.348. The van der Waals surface area contributed by atoms with Crippen LogP contribution in [-0.4, -0.2) is 67.3 Å². The first kappa shape index (κ1) is 24.2. The number of aromatic nitrogens is 4. The van der Waals surface area contributed by atoms with Crippen LogP contribution in [0.2, 0.25) is 0 Å². The molecule has 5 rings (SSSR count). The van der Waals surface area contributed by atoms with Crippen LogP contribution in [0.15, 0.2) is 22.9 Å². The van der Waals surface area contributed by atoms with E-state index in [1.54, 1.807) is 24.7 Å². The predicted octanol–water partition coefficient (Wildman–Crippen LogP) is 1.10.